The number of nitrogens with zero attached hydrogens (tertiary/aromatic N) is 2. The van der Waals surface area contributed by atoms with Crippen molar-refractivity contribution in [1.29, 1.82) is 0 Å². The second-order valence-corrected chi connectivity index (χ2v) is 15.4. The molecule has 0 spiro atoms. The van der Waals surface area contributed by atoms with E-state index in [1.165, 1.54) is 90.0 Å². The molecule has 0 saturated heterocycles. The number of aromatic nitrogens is 1. The number of anilines is 1. The van der Waals surface area contributed by atoms with Crippen LogP contribution in [0.5, 0.6) is 0 Å². The topological polar surface area (TPSA) is 8.17 Å². The molecule has 52 heavy (non-hydrogen) atoms. The fraction of sp³-hybridized carbons (Fsp3) is 0.200. The standard InChI is InChI=1S/C50H42N2/c1-3-11-38-31-40(22-21-33(38)9-1)37-19-17-35(18-20-37)36-23-26-41(27-24-36)52-46-15-7-5-13-43(46)44-29-30-48-49(50(44)52)45-14-6-8-16-47(45)51(48)42-28-25-34-10-2-4-12-39(34)32-42/h1-5,7-13,15-17,19,21-26,28,30-32,35,37,41,44H,6,14,18,20,27,29H2. The number of hydrogen-bond donors (Lipinski definition) is 0. The second kappa shape index (κ2) is 12.0. The van der Waals surface area contributed by atoms with Crippen LogP contribution in [0.4, 0.5) is 5.69 Å². The molecule has 0 fully saturated rings. The number of benzene rings is 5. The van der Waals surface area contributed by atoms with Gasteiger partial charge in [0.05, 0.1) is 11.4 Å². The van der Waals surface area contributed by atoms with Crippen molar-refractivity contribution in [2.45, 2.75) is 56.4 Å². The van der Waals surface area contributed by atoms with Gasteiger partial charge in [0.1, 0.15) is 0 Å². The first-order chi connectivity index (χ1) is 25.8. The van der Waals surface area contributed by atoms with E-state index in [2.05, 4.69) is 167 Å². The first-order valence-electron chi connectivity index (χ1n) is 19.4. The van der Waals surface area contributed by atoms with Crippen molar-refractivity contribution in [3.63, 3.8) is 0 Å². The summed E-state index contributed by atoms with van der Waals surface area (Å²) in [5.74, 6) is 1.38. The molecule has 0 radical (unpaired) electrons. The highest BCUT2D eigenvalue weighted by molar-refractivity contribution is 5.88. The van der Waals surface area contributed by atoms with Gasteiger partial charge >= 0.3 is 0 Å². The molecule has 4 atom stereocenters. The SMILES string of the molecule is C1=Cc2c(c3c(n2-c2ccc4ccccc4c2)=CCC2C=3N(C3C=CC(C4C=CC(c5ccc6ccccc6c5)CC4)=CC3)c3ccccc32)CC1. The van der Waals surface area contributed by atoms with E-state index >= 15 is 0 Å². The second-order valence-electron chi connectivity index (χ2n) is 15.4. The normalized spacial score (nSPS) is 22.9. The lowest BCUT2D eigenvalue weighted by atomic mass is 9.79. The van der Waals surface area contributed by atoms with Crippen LogP contribution in [0, 0.1) is 5.92 Å². The molecule has 11 rings (SSSR count). The molecule has 5 aromatic carbocycles. The van der Waals surface area contributed by atoms with E-state index in [9.17, 15) is 0 Å². The molecule has 2 heterocycles. The average molecular weight is 671 g/mol. The van der Waals surface area contributed by atoms with Crippen molar-refractivity contribution >= 4 is 45.1 Å². The highest BCUT2D eigenvalue weighted by Gasteiger charge is 2.40. The van der Waals surface area contributed by atoms with E-state index in [1.807, 2.05) is 0 Å². The van der Waals surface area contributed by atoms with Gasteiger partial charge in [-0.25, -0.2) is 0 Å². The van der Waals surface area contributed by atoms with Crippen LogP contribution >= 0.6 is 0 Å². The summed E-state index contributed by atoms with van der Waals surface area (Å²) < 4.78 is 2.56. The first kappa shape index (κ1) is 30.1. The summed E-state index contributed by atoms with van der Waals surface area (Å²) in [5.41, 5.74) is 11.5. The third-order valence-electron chi connectivity index (χ3n) is 12.6. The molecule has 2 heteroatoms. The van der Waals surface area contributed by atoms with Crippen molar-refractivity contribution in [2.24, 2.45) is 5.92 Å². The average Bonchev–Trinajstić information content (AvgIpc) is 3.74. The Morgan fingerprint density at radius 1 is 0.615 bits per heavy atom. The predicted molar refractivity (Wildman–Crippen MR) is 218 cm³/mol. The van der Waals surface area contributed by atoms with Crippen molar-refractivity contribution in [1.82, 2.24) is 4.57 Å². The Labute approximate surface area is 305 Å². The van der Waals surface area contributed by atoms with Crippen LogP contribution in [-0.4, -0.2) is 10.6 Å². The van der Waals surface area contributed by atoms with Gasteiger partial charge in [-0.3, -0.25) is 0 Å². The number of rotatable bonds is 4. The zero-order valence-corrected chi connectivity index (χ0v) is 29.5. The molecule has 0 saturated carbocycles. The van der Waals surface area contributed by atoms with Gasteiger partial charge in [-0.15, -0.1) is 0 Å². The third kappa shape index (κ3) is 4.70. The quantitative estimate of drug-likeness (QED) is 0.170. The fourth-order valence-electron chi connectivity index (χ4n) is 10.1. The zero-order valence-electron chi connectivity index (χ0n) is 29.5. The maximum Gasteiger partial charge on any atom is 0.0557 e. The minimum atomic E-state index is 0.299. The molecule has 6 aromatic rings. The Kier molecular flexibility index (Phi) is 6.93. The predicted octanol–water partition coefficient (Wildman–Crippen LogP) is 10.6. The van der Waals surface area contributed by atoms with E-state index in [1.54, 1.807) is 0 Å². The number of fused-ring (bicyclic) bond motifs is 8. The van der Waals surface area contributed by atoms with E-state index < -0.39 is 0 Å². The summed E-state index contributed by atoms with van der Waals surface area (Å²) in [5, 5.41) is 8.10. The largest absolute Gasteiger partial charge is 0.336 e. The van der Waals surface area contributed by atoms with E-state index in [0.717, 1.165) is 25.7 Å². The highest BCUT2D eigenvalue weighted by atomic mass is 15.2. The number of allylic oxidation sites excluding steroid dienone is 5. The molecule has 0 bridgehead atoms. The van der Waals surface area contributed by atoms with Crippen LogP contribution in [0.15, 0.2) is 151 Å². The number of hydrogen-bond acceptors (Lipinski definition) is 1. The summed E-state index contributed by atoms with van der Waals surface area (Å²) in [4.78, 5) is 2.74. The smallest absolute Gasteiger partial charge is 0.0557 e. The summed E-state index contributed by atoms with van der Waals surface area (Å²) in [6.07, 6.45) is 26.4. The summed E-state index contributed by atoms with van der Waals surface area (Å²) >= 11 is 0. The van der Waals surface area contributed by atoms with E-state index in [4.69, 9.17) is 0 Å². The van der Waals surface area contributed by atoms with Crippen molar-refractivity contribution in [3.8, 4) is 5.69 Å². The zero-order chi connectivity index (χ0) is 34.2. The molecular weight excluding hydrogens is 629 g/mol. The maximum atomic E-state index is 2.74. The van der Waals surface area contributed by atoms with Crippen LogP contribution in [0.1, 0.15) is 66.3 Å². The van der Waals surface area contributed by atoms with Gasteiger partial charge in [-0.1, -0.05) is 134 Å². The van der Waals surface area contributed by atoms with Crippen LogP contribution in [0.3, 0.4) is 0 Å². The maximum absolute atomic E-state index is 2.74. The highest BCUT2D eigenvalue weighted by Crippen LogP contribution is 2.49. The van der Waals surface area contributed by atoms with Gasteiger partial charge in [-0.2, -0.15) is 0 Å². The Balaban J connectivity index is 0.958. The molecule has 0 N–H and O–H groups in total. The van der Waals surface area contributed by atoms with Crippen LogP contribution < -0.4 is 15.5 Å². The molecule has 1 aromatic heterocycles. The molecule has 0 amide bonds. The Morgan fingerprint density at radius 3 is 2.17 bits per heavy atom. The summed E-state index contributed by atoms with van der Waals surface area (Å²) in [6, 6.07) is 41.0. The lowest BCUT2D eigenvalue weighted by Gasteiger charge is -2.34. The van der Waals surface area contributed by atoms with Gasteiger partial charge in [0.15, 0.2) is 0 Å². The van der Waals surface area contributed by atoms with Gasteiger partial charge in [0, 0.05) is 45.7 Å². The fourth-order valence-corrected chi connectivity index (χ4v) is 10.1. The monoisotopic (exact) mass is 670 g/mol. The van der Waals surface area contributed by atoms with Crippen molar-refractivity contribution < 1.29 is 0 Å². The third-order valence-corrected chi connectivity index (χ3v) is 12.6. The minimum absolute atomic E-state index is 0.299. The van der Waals surface area contributed by atoms with Gasteiger partial charge in [0.2, 0.25) is 0 Å². The van der Waals surface area contributed by atoms with Gasteiger partial charge in [-0.05, 0) is 107 Å². The molecule has 5 aliphatic rings. The summed E-state index contributed by atoms with van der Waals surface area (Å²) in [7, 11) is 0. The van der Waals surface area contributed by atoms with Crippen molar-refractivity contribution in [2.75, 3.05) is 4.90 Å². The molecule has 252 valence electrons. The number of para-hydroxylation sites is 1. The van der Waals surface area contributed by atoms with Crippen molar-refractivity contribution in [3.05, 3.63) is 184 Å². The molecule has 4 aliphatic carbocycles. The first-order valence-corrected chi connectivity index (χ1v) is 19.4. The molecule has 1 aliphatic heterocycles. The van der Waals surface area contributed by atoms with E-state index in [0.29, 0.717) is 23.8 Å². The Hall–Kier alpha value is -5.60. The Bertz CT molecular complexity index is 2680. The van der Waals surface area contributed by atoms with Crippen LogP contribution in [0.25, 0.3) is 45.1 Å². The summed E-state index contributed by atoms with van der Waals surface area (Å²) in [6.45, 7) is 0. The molecule has 4 unspecified atom stereocenters. The minimum Gasteiger partial charge on any atom is -0.336 e. The van der Waals surface area contributed by atoms with Gasteiger partial charge in [0.25, 0.3) is 0 Å². The van der Waals surface area contributed by atoms with Crippen LogP contribution in [0.2, 0.25) is 0 Å². The van der Waals surface area contributed by atoms with Crippen LogP contribution in [-0.2, 0) is 6.42 Å². The van der Waals surface area contributed by atoms with Gasteiger partial charge < -0.3 is 9.47 Å². The molecule has 2 nitrogen and oxygen atoms in total. The Morgan fingerprint density at radius 2 is 1.37 bits per heavy atom. The molecular formula is C50H42N2. The van der Waals surface area contributed by atoms with E-state index in [-0.39, 0.29) is 0 Å². The lowest BCUT2D eigenvalue weighted by Crippen LogP contribution is -2.42. The lowest BCUT2D eigenvalue weighted by molar-refractivity contribution is 0.565.